The van der Waals surface area contributed by atoms with E-state index >= 15 is 0 Å². The molecule has 1 heterocycles. The maximum absolute atomic E-state index is 13.3. The molecule has 7 nitrogen and oxygen atoms in total. The van der Waals surface area contributed by atoms with Crippen molar-refractivity contribution in [1.29, 1.82) is 0 Å². The van der Waals surface area contributed by atoms with Gasteiger partial charge in [-0.1, -0.05) is 0 Å². The van der Waals surface area contributed by atoms with Gasteiger partial charge in [-0.15, -0.1) is 0 Å². The zero-order valence-corrected chi connectivity index (χ0v) is 17.8. The van der Waals surface area contributed by atoms with E-state index in [2.05, 4.69) is 4.98 Å². The Kier molecular flexibility index (Phi) is 5.84. The van der Waals surface area contributed by atoms with Crippen LogP contribution in [-0.4, -0.2) is 36.1 Å². The molecule has 0 fully saturated rings. The summed E-state index contributed by atoms with van der Waals surface area (Å²) in [5.41, 5.74) is 1.62. The van der Waals surface area contributed by atoms with Gasteiger partial charge in [0.15, 0.2) is 0 Å². The van der Waals surface area contributed by atoms with Crippen LogP contribution in [0.25, 0.3) is 0 Å². The maximum atomic E-state index is 13.3. The van der Waals surface area contributed by atoms with Gasteiger partial charge in [0.1, 0.15) is 0 Å². The van der Waals surface area contributed by atoms with E-state index in [-0.39, 0.29) is 37.6 Å². The van der Waals surface area contributed by atoms with Gasteiger partial charge in [-0.25, -0.2) is 0 Å². The first-order chi connectivity index (χ1) is 15.0. The number of para-hydroxylation sites is 1. The van der Waals surface area contributed by atoms with Crippen molar-refractivity contribution < 1.29 is 14.5 Å². The third-order valence-electron chi connectivity index (χ3n) is 4.49. The van der Waals surface area contributed by atoms with E-state index in [0.717, 1.165) is 0 Å². The first kappa shape index (κ1) is 20.4. The Morgan fingerprint density at radius 3 is 2.06 bits per heavy atom. The van der Waals surface area contributed by atoms with Crippen LogP contribution in [0.3, 0.4) is 0 Å². The van der Waals surface area contributed by atoms with E-state index in [0.29, 0.717) is 21.5 Å². The summed E-state index contributed by atoms with van der Waals surface area (Å²) >= 11 is -0.341. The second-order valence-corrected chi connectivity index (χ2v) is 8.25. The minimum atomic E-state index is -0.518. The number of rotatable bonds is 6. The predicted octanol–water partition coefficient (Wildman–Crippen LogP) is 4.26. The SMILES string of the molecule is O=C(c1ccc([N+](=O)[O-])cc1)c1c[se]c(N(C(=O)c2ccccc2)c2ccccc2)n1. The molecular formula is C23H15N3O4Se. The Labute approximate surface area is 183 Å². The molecular weight excluding hydrogens is 461 g/mol. The molecule has 1 aromatic heterocycles. The van der Waals surface area contributed by atoms with Crippen molar-refractivity contribution in [3.8, 4) is 0 Å². The molecule has 0 atom stereocenters. The number of nitrogens with zero attached hydrogens (tertiary/aromatic N) is 3. The molecule has 3 aromatic carbocycles. The van der Waals surface area contributed by atoms with E-state index in [4.69, 9.17) is 0 Å². The quantitative estimate of drug-likeness (QED) is 0.180. The number of carbonyl (C=O) groups excluding carboxylic acids is 2. The van der Waals surface area contributed by atoms with Crippen molar-refractivity contribution in [2.75, 3.05) is 4.90 Å². The Hall–Kier alpha value is -3.87. The fraction of sp³-hybridized carbons (Fsp3) is 0. The number of nitro benzene ring substituents is 1. The molecule has 0 aliphatic carbocycles. The summed E-state index contributed by atoms with van der Waals surface area (Å²) in [4.78, 5) is 44.1. The molecule has 0 radical (unpaired) electrons. The second-order valence-electron chi connectivity index (χ2n) is 6.49. The number of anilines is 2. The summed E-state index contributed by atoms with van der Waals surface area (Å²) in [7, 11) is 0. The number of amides is 1. The summed E-state index contributed by atoms with van der Waals surface area (Å²) < 4.78 is 0.498. The van der Waals surface area contributed by atoms with Gasteiger partial charge in [0, 0.05) is 0 Å². The summed E-state index contributed by atoms with van der Waals surface area (Å²) in [5, 5.41) is 10.8. The molecule has 4 rings (SSSR count). The van der Waals surface area contributed by atoms with E-state index < -0.39 is 4.92 Å². The number of hydrogen-bond acceptors (Lipinski definition) is 5. The number of aromatic nitrogens is 1. The number of benzene rings is 3. The van der Waals surface area contributed by atoms with Crippen LogP contribution in [0.4, 0.5) is 16.1 Å². The minimum absolute atomic E-state index is 0.0888. The van der Waals surface area contributed by atoms with Gasteiger partial charge in [-0.05, 0) is 0 Å². The molecule has 4 aromatic rings. The molecule has 0 N–H and O–H groups in total. The average molecular weight is 476 g/mol. The van der Waals surface area contributed by atoms with Gasteiger partial charge >= 0.3 is 183 Å². The average Bonchev–Trinajstić information content (AvgIpc) is 3.29. The standard InChI is InChI=1S/C23H15N3O4Se/c27-21(16-11-13-19(14-12-16)26(29)30)20-15-31-23(24-20)25(18-9-5-2-6-10-18)22(28)17-7-3-1-4-8-17/h1-15H. The summed E-state index contributed by atoms with van der Waals surface area (Å²) in [6.45, 7) is 0. The molecule has 152 valence electrons. The van der Waals surface area contributed by atoms with E-state index in [1.165, 1.54) is 29.2 Å². The second kappa shape index (κ2) is 8.87. The number of hydrogen-bond donors (Lipinski definition) is 0. The molecule has 0 saturated heterocycles. The van der Waals surface area contributed by atoms with Crippen LogP contribution >= 0.6 is 0 Å². The molecule has 0 bridgehead atoms. The zero-order chi connectivity index (χ0) is 21.8. The predicted molar refractivity (Wildman–Crippen MR) is 117 cm³/mol. The van der Waals surface area contributed by atoms with Gasteiger partial charge in [-0.3, -0.25) is 0 Å². The van der Waals surface area contributed by atoms with Crippen molar-refractivity contribution in [1.82, 2.24) is 4.98 Å². The molecule has 8 heteroatoms. The van der Waals surface area contributed by atoms with E-state index in [1.807, 2.05) is 36.4 Å². The fourth-order valence-electron chi connectivity index (χ4n) is 2.96. The van der Waals surface area contributed by atoms with Crippen molar-refractivity contribution in [2.24, 2.45) is 0 Å². The van der Waals surface area contributed by atoms with Gasteiger partial charge in [0.25, 0.3) is 0 Å². The molecule has 1 amide bonds. The topological polar surface area (TPSA) is 93.4 Å². The van der Waals surface area contributed by atoms with Gasteiger partial charge in [0.2, 0.25) is 0 Å². The van der Waals surface area contributed by atoms with Crippen LogP contribution in [0, 0.1) is 10.1 Å². The Balaban J connectivity index is 1.68. The number of non-ortho nitro benzene ring substituents is 1. The number of nitro groups is 1. The number of carbonyl (C=O) groups is 2. The van der Waals surface area contributed by atoms with E-state index in [9.17, 15) is 19.7 Å². The van der Waals surface area contributed by atoms with Gasteiger partial charge in [0.05, 0.1) is 0 Å². The summed E-state index contributed by atoms with van der Waals surface area (Å²) in [6, 6.07) is 23.4. The van der Waals surface area contributed by atoms with Crippen LogP contribution in [-0.2, 0) is 0 Å². The van der Waals surface area contributed by atoms with Crippen molar-refractivity contribution >= 4 is 42.3 Å². The van der Waals surface area contributed by atoms with Crippen LogP contribution in [0.5, 0.6) is 0 Å². The first-order valence-corrected chi connectivity index (χ1v) is 11.1. The monoisotopic (exact) mass is 477 g/mol. The molecule has 31 heavy (non-hydrogen) atoms. The van der Waals surface area contributed by atoms with Crippen molar-refractivity contribution in [3.63, 3.8) is 0 Å². The van der Waals surface area contributed by atoms with Crippen molar-refractivity contribution in [3.05, 3.63) is 117 Å². The van der Waals surface area contributed by atoms with Crippen LogP contribution in [0.1, 0.15) is 26.4 Å². The summed E-state index contributed by atoms with van der Waals surface area (Å²) in [5.74, 6) is -0.572. The van der Waals surface area contributed by atoms with Crippen LogP contribution in [0.15, 0.2) is 89.9 Å². The van der Waals surface area contributed by atoms with Crippen molar-refractivity contribution in [2.45, 2.75) is 0 Å². The third-order valence-corrected chi connectivity index (χ3v) is 6.23. The Bertz CT molecular complexity index is 1240. The summed E-state index contributed by atoms with van der Waals surface area (Å²) in [6.07, 6.45) is 0. The molecule has 0 unspecified atom stereocenters. The van der Waals surface area contributed by atoms with E-state index in [1.54, 1.807) is 29.2 Å². The van der Waals surface area contributed by atoms with Gasteiger partial charge in [-0.2, -0.15) is 0 Å². The van der Waals surface area contributed by atoms with Gasteiger partial charge < -0.3 is 0 Å². The first-order valence-electron chi connectivity index (χ1n) is 9.24. The molecule has 0 spiro atoms. The Morgan fingerprint density at radius 1 is 0.839 bits per heavy atom. The zero-order valence-electron chi connectivity index (χ0n) is 16.0. The molecule has 0 aliphatic rings. The molecule has 0 saturated carbocycles. The van der Waals surface area contributed by atoms with Crippen LogP contribution in [0.2, 0.25) is 0 Å². The Morgan fingerprint density at radius 2 is 1.45 bits per heavy atom. The number of ketones is 1. The normalized spacial score (nSPS) is 10.5. The fourth-order valence-corrected chi connectivity index (χ4v) is 4.68. The van der Waals surface area contributed by atoms with Crippen LogP contribution < -0.4 is 4.90 Å². The third kappa shape index (κ3) is 4.35. The molecule has 0 aliphatic heterocycles.